The van der Waals surface area contributed by atoms with Gasteiger partial charge in [-0.05, 0) is 78.5 Å². The molecule has 1 spiro atoms. The minimum Gasteiger partial charge on any atom is -0.0843 e. The van der Waals surface area contributed by atoms with Crippen LogP contribution in [-0.4, -0.2) is 0 Å². The third kappa shape index (κ3) is 2.40. The fourth-order valence-corrected chi connectivity index (χ4v) is 7.01. The van der Waals surface area contributed by atoms with Crippen molar-refractivity contribution in [3.8, 4) is 33.4 Å². The molecule has 0 saturated carbocycles. The van der Waals surface area contributed by atoms with E-state index in [1.807, 2.05) is 6.07 Å². The molecule has 0 saturated heterocycles. The van der Waals surface area contributed by atoms with Gasteiger partial charge in [-0.2, -0.15) is 0 Å². The zero-order valence-corrected chi connectivity index (χ0v) is 20.3. The van der Waals surface area contributed by atoms with Crippen LogP contribution in [0.25, 0.3) is 44.2 Å². The summed E-state index contributed by atoms with van der Waals surface area (Å²) >= 11 is 6.76. The average molecular weight is 477 g/mol. The minimum atomic E-state index is -0.466. The Labute approximate surface area is 215 Å². The molecule has 2 aliphatic carbocycles. The number of halogens is 1. The number of fused-ring (bicyclic) bond motifs is 9. The highest BCUT2D eigenvalue weighted by Crippen LogP contribution is 2.63. The normalized spacial score (nSPS) is 16.6. The molecule has 0 nitrogen and oxygen atoms in total. The van der Waals surface area contributed by atoms with Gasteiger partial charge in [-0.15, -0.1) is 0 Å². The van der Waals surface area contributed by atoms with Crippen LogP contribution in [0.2, 0.25) is 5.02 Å². The van der Waals surface area contributed by atoms with Crippen molar-refractivity contribution in [1.29, 1.82) is 0 Å². The van der Waals surface area contributed by atoms with Crippen molar-refractivity contribution in [3.63, 3.8) is 0 Å². The van der Waals surface area contributed by atoms with Crippen molar-refractivity contribution >= 4 is 22.4 Å². The van der Waals surface area contributed by atoms with Crippen molar-refractivity contribution in [3.05, 3.63) is 155 Å². The second-order valence-corrected chi connectivity index (χ2v) is 10.2. The molecule has 1 unspecified atom stereocenters. The largest absolute Gasteiger partial charge is 0.0843 e. The number of hydrogen-bond donors (Lipinski definition) is 0. The van der Waals surface area contributed by atoms with E-state index in [0.29, 0.717) is 0 Å². The number of benzene rings is 6. The molecule has 0 aliphatic heterocycles. The molecule has 36 heavy (non-hydrogen) atoms. The summed E-state index contributed by atoms with van der Waals surface area (Å²) in [5, 5.41) is 3.37. The van der Waals surface area contributed by atoms with Gasteiger partial charge in [0.2, 0.25) is 0 Å². The lowest BCUT2D eigenvalue weighted by Gasteiger charge is -2.41. The van der Waals surface area contributed by atoms with Gasteiger partial charge in [-0.1, -0.05) is 127 Å². The van der Waals surface area contributed by atoms with Gasteiger partial charge < -0.3 is 0 Å². The van der Waals surface area contributed by atoms with Gasteiger partial charge in [0.05, 0.1) is 5.41 Å². The molecule has 0 N–H and O–H groups in total. The second-order valence-electron chi connectivity index (χ2n) is 9.79. The second kappa shape index (κ2) is 7.20. The Morgan fingerprint density at radius 2 is 1.06 bits per heavy atom. The zero-order chi connectivity index (χ0) is 23.9. The molecule has 168 valence electrons. The first-order valence-electron chi connectivity index (χ1n) is 12.4. The molecule has 0 bridgehead atoms. The van der Waals surface area contributed by atoms with E-state index >= 15 is 0 Å². The number of rotatable bonds is 1. The lowest BCUT2D eigenvalue weighted by molar-refractivity contribution is 0.775. The Morgan fingerprint density at radius 1 is 0.444 bits per heavy atom. The molecule has 1 atom stereocenters. The summed E-state index contributed by atoms with van der Waals surface area (Å²) in [5.41, 5.74) is 12.5. The van der Waals surface area contributed by atoms with Crippen LogP contribution < -0.4 is 0 Å². The summed E-state index contributed by atoms with van der Waals surface area (Å²) < 4.78 is 0. The van der Waals surface area contributed by atoms with Crippen LogP contribution in [-0.2, 0) is 5.41 Å². The fraction of sp³-hybridized carbons (Fsp3) is 0.0286. The molecule has 0 radical (unpaired) electrons. The SMILES string of the molecule is Clc1ccc2c(c1)C1(c3ccccc3-2)c2ccccc2-c2cccc3ccc(-c4ccccc4)c1c23. The lowest BCUT2D eigenvalue weighted by Crippen LogP contribution is -2.32. The van der Waals surface area contributed by atoms with Gasteiger partial charge in [-0.3, -0.25) is 0 Å². The Kier molecular flexibility index (Phi) is 4.02. The zero-order valence-electron chi connectivity index (χ0n) is 19.5. The molecule has 0 fully saturated rings. The predicted molar refractivity (Wildman–Crippen MR) is 151 cm³/mol. The van der Waals surface area contributed by atoms with Crippen molar-refractivity contribution in [2.24, 2.45) is 0 Å². The summed E-state index contributed by atoms with van der Waals surface area (Å²) in [4.78, 5) is 0. The molecule has 1 heteroatoms. The van der Waals surface area contributed by atoms with Crippen molar-refractivity contribution < 1.29 is 0 Å². The van der Waals surface area contributed by atoms with Crippen LogP contribution >= 0.6 is 11.6 Å². The predicted octanol–water partition coefficient (Wildman–Crippen LogP) is 9.50. The van der Waals surface area contributed by atoms with E-state index in [1.54, 1.807) is 0 Å². The molecular weight excluding hydrogens is 456 g/mol. The van der Waals surface area contributed by atoms with E-state index in [-0.39, 0.29) is 0 Å². The van der Waals surface area contributed by atoms with Gasteiger partial charge in [0.1, 0.15) is 0 Å². The molecule has 0 amide bonds. The maximum atomic E-state index is 6.76. The molecule has 2 aliphatic rings. The smallest absolute Gasteiger partial charge is 0.0732 e. The maximum Gasteiger partial charge on any atom is 0.0732 e. The quantitative estimate of drug-likeness (QED) is 0.221. The standard InChI is InChI=1S/C35H21Cl/c36-24-18-20-28-26-12-4-6-15-30(26)35(32(28)21-24)31-16-7-5-13-27(31)29-14-8-11-23-17-19-25(34(35)33(23)29)22-9-2-1-3-10-22/h1-21H. The first-order valence-corrected chi connectivity index (χ1v) is 12.8. The number of hydrogen-bond acceptors (Lipinski definition) is 0. The highest BCUT2D eigenvalue weighted by atomic mass is 35.5. The highest BCUT2D eigenvalue weighted by Gasteiger charge is 2.51. The summed E-state index contributed by atoms with van der Waals surface area (Å²) in [6.07, 6.45) is 0. The average Bonchev–Trinajstić information content (AvgIpc) is 3.22. The van der Waals surface area contributed by atoms with E-state index in [1.165, 1.54) is 66.4 Å². The minimum absolute atomic E-state index is 0.466. The van der Waals surface area contributed by atoms with Crippen molar-refractivity contribution in [2.75, 3.05) is 0 Å². The van der Waals surface area contributed by atoms with Crippen molar-refractivity contribution in [1.82, 2.24) is 0 Å². The lowest BCUT2D eigenvalue weighted by atomic mass is 9.60. The van der Waals surface area contributed by atoms with Crippen LogP contribution in [0.3, 0.4) is 0 Å². The van der Waals surface area contributed by atoms with Crippen LogP contribution in [0, 0.1) is 0 Å². The van der Waals surface area contributed by atoms with Gasteiger partial charge in [0.15, 0.2) is 0 Å². The van der Waals surface area contributed by atoms with E-state index in [9.17, 15) is 0 Å². The van der Waals surface area contributed by atoms with Crippen molar-refractivity contribution in [2.45, 2.75) is 5.41 Å². The van der Waals surface area contributed by atoms with Gasteiger partial charge in [0, 0.05) is 5.02 Å². The van der Waals surface area contributed by atoms with Crippen LogP contribution in [0.15, 0.2) is 127 Å². The summed E-state index contributed by atoms with van der Waals surface area (Å²) in [7, 11) is 0. The van der Waals surface area contributed by atoms with E-state index in [0.717, 1.165) is 5.02 Å². The third-order valence-electron chi connectivity index (χ3n) is 8.13. The monoisotopic (exact) mass is 476 g/mol. The Bertz CT molecular complexity index is 1850. The molecular formula is C35H21Cl. The molecule has 6 aromatic carbocycles. The molecule has 6 aromatic rings. The van der Waals surface area contributed by atoms with E-state index < -0.39 is 5.41 Å². The first kappa shape index (κ1) is 20.1. The summed E-state index contributed by atoms with van der Waals surface area (Å²) in [6.45, 7) is 0. The third-order valence-corrected chi connectivity index (χ3v) is 8.37. The van der Waals surface area contributed by atoms with E-state index in [2.05, 4.69) is 121 Å². The Balaban J connectivity index is 1.69. The van der Waals surface area contributed by atoms with Crippen LogP contribution in [0.4, 0.5) is 0 Å². The first-order chi connectivity index (χ1) is 17.8. The highest BCUT2D eigenvalue weighted by molar-refractivity contribution is 6.31. The van der Waals surface area contributed by atoms with Gasteiger partial charge >= 0.3 is 0 Å². The van der Waals surface area contributed by atoms with Crippen LogP contribution in [0.1, 0.15) is 22.3 Å². The fourth-order valence-electron chi connectivity index (χ4n) is 6.84. The molecule has 0 heterocycles. The molecule has 0 aromatic heterocycles. The van der Waals surface area contributed by atoms with Crippen LogP contribution in [0.5, 0.6) is 0 Å². The van der Waals surface area contributed by atoms with Gasteiger partial charge in [-0.25, -0.2) is 0 Å². The summed E-state index contributed by atoms with van der Waals surface area (Å²) in [6, 6.07) is 46.4. The summed E-state index contributed by atoms with van der Waals surface area (Å²) in [5.74, 6) is 0. The van der Waals surface area contributed by atoms with Gasteiger partial charge in [0.25, 0.3) is 0 Å². The maximum absolute atomic E-state index is 6.76. The Morgan fingerprint density at radius 3 is 1.83 bits per heavy atom. The topological polar surface area (TPSA) is 0 Å². The Hall–Kier alpha value is -4.13. The molecule has 8 rings (SSSR count). The van der Waals surface area contributed by atoms with E-state index in [4.69, 9.17) is 11.6 Å².